The number of carbonyl (C=O) groups excluding carboxylic acids is 2. The molecule has 0 saturated heterocycles. The minimum Gasteiger partial charge on any atom is -0.352 e. The second-order valence-electron chi connectivity index (χ2n) is 7.10. The maximum absolute atomic E-state index is 12.0. The third-order valence-corrected chi connectivity index (χ3v) is 5.01. The Morgan fingerprint density at radius 1 is 1.09 bits per heavy atom. The molecule has 2 unspecified atom stereocenters. The Kier molecular flexibility index (Phi) is 10.5. The van der Waals surface area contributed by atoms with Crippen molar-refractivity contribution in [2.24, 2.45) is 23.5 Å². The summed E-state index contributed by atoms with van der Waals surface area (Å²) in [7, 11) is 0. The Hall–Kier alpha value is -0.810. The molecule has 0 bridgehead atoms. The summed E-state index contributed by atoms with van der Waals surface area (Å²) in [4.78, 5) is 23.7. The first kappa shape index (κ1) is 22.2. The fourth-order valence-electron chi connectivity index (χ4n) is 3.09. The highest BCUT2D eigenvalue weighted by Gasteiger charge is 2.25. The summed E-state index contributed by atoms with van der Waals surface area (Å²) >= 11 is 0. The van der Waals surface area contributed by atoms with Crippen molar-refractivity contribution in [1.29, 1.82) is 0 Å². The molecule has 0 aromatic rings. The summed E-state index contributed by atoms with van der Waals surface area (Å²) in [5.41, 5.74) is 5.75. The lowest BCUT2D eigenvalue weighted by Gasteiger charge is -2.32. The van der Waals surface area contributed by atoms with E-state index in [1.54, 1.807) is 0 Å². The predicted molar refractivity (Wildman–Crippen MR) is 96.4 cm³/mol. The molecule has 1 aliphatic rings. The first-order chi connectivity index (χ1) is 10.3. The lowest BCUT2D eigenvalue weighted by atomic mass is 9.78. The third-order valence-electron chi connectivity index (χ3n) is 5.01. The highest BCUT2D eigenvalue weighted by Crippen LogP contribution is 2.31. The van der Waals surface area contributed by atoms with Crippen LogP contribution in [0.15, 0.2) is 0 Å². The van der Waals surface area contributed by atoms with Crippen LogP contribution >= 0.6 is 12.4 Å². The zero-order chi connectivity index (χ0) is 16.7. The van der Waals surface area contributed by atoms with Gasteiger partial charge in [-0.1, -0.05) is 52.9 Å². The second-order valence-corrected chi connectivity index (χ2v) is 7.10. The SMILES string of the molecule is CC(NC(=O)CNC(=O)[C@@H](N)C(C)C)C(C)C1CCCCC1.Cl. The maximum atomic E-state index is 12.0. The molecular formula is C17H34ClN3O2. The van der Waals surface area contributed by atoms with E-state index in [-0.39, 0.29) is 42.7 Å². The van der Waals surface area contributed by atoms with Gasteiger partial charge in [0, 0.05) is 6.04 Å². The van der Waals surface area contributed by atoms with E-state index in [1.165, 1.54) is 32.1 Å². The maximum Gasteiger partial charge on any atom is 0.239 e. The standard InChI is InChI=1S/C17H33N3O2.ClH/c1-11(2)16(18)17(22)19-10-15(21)20-13(4)12(3)14-8-6-5-7-9-14;/h11-14,16H,5-10,18H2,1-4H3,(H,19,22)(H,20,21);1H/t12?,13?,16-;/m0./s1. The van der Waals surface area contributed by atoms with Crippen molar-refractivity contribution in [3.8, 4) is 0 Å². The number of nitrogens with two attached hydrogens (primary N) is 1. The van der Waals surface area contributed by atoms with Crippen LogP contribution in [0.4, 0.5) is 0 Å². The molecule has 0 aromatic heterocycles. The molecule has 4 N–H and O–H groups in total. The molecule has 0 radical (unpaired) electrons. The van der Waals surface area contributed by atoms with Crippen molar-refractivity contribution in [2.45, 2.75) is 71.9 Å². The largest absolute Gasteiger partial charge is 0.352 e. The highest BCUT2D eigenvalue weighted by molar-refractivity contribution is 5.87. The zero-order valence-electron chi connectivity index (χ0n) is 14.9. The smallest absolute Gasteiger partial charge is 0.239 e. The molecule has 0 aliphatic heterocycles. The molecule has 0 aromatic carbocycles. The van der Waals surface area contributed by atoms with E-state index in [0.717, 1.165) is 0 Å². The van der Waals surface area contributed by atoms with Gasteiger partial charge in [-0.3, -0.25) is 9.59 Å². The second kappa shape index (κ2) is 10.9. The summed E-state index contributed by atoms with van der Waals surface area (Å²) in [6.45, 7) is 8.05. The third kappa shape index (κ3) is 7.53. The first-order valence-corrected chi connectivity index (χ1v) is 8.65. The number of halogens is 1. The normalized spacial score (nSPS) is 19.4. The quantitative estimate of drug-likeness (QED) is 0.660. The average Bonchev–Trinajstić information content (AvgIpc) is 2.51. The van der Waals surface area contributed by atoms with Crippen LogP contribution in [0.3, 0.4) is 0 Å². The van der Waals surface area contributed by atoms with Gasteiger partial charge in [0.1, 0.15) is 0 Å². The van der Waals surface area contributed by atoms with Gasteiger partial charge in [-0.15, -0.1) is 12.4 Å². The van der Waals surface area contributed by atoms with Gasteiger partial charge in [-0.2, -0.15) is 0 Å². The Morgan fingerprint density at radius 2 is 1.65 bits per heavy atom. The van der Waals surface area contributed by atoms with Crippen LogP contribution in [-0.2, 0) is 9.59 Å². The van der Waals surface area contributed by atoms with E-state index in [9.17, 15) is 9.59 Å². The van der Waals surface area contributed by atoms with Gasteiger partial charge in [-0.05, 0) is 24.7 Å². The van der Waals surface area contributed by atoms with Crippen LogP contribution in [0.5, 0.6) is 0 Å². The molecule has 1 rings (SSSR count). The van der Waals surface area contributed by atoms with Crippen molar-refractivity contribution in [1.82, 2.24) is 10.6 Å². The topological polar surface area (TPSA) is 84.2 Å². The molecular weight excluding hydrogens is 314 g/mol. The summed E-state index contributed by atoms with van der Waals surface area (Å²) < 4.78 is 0. The van der Waals surface area contributed by atoms with Crippen molar-refractivity contribution in [3.63, 3.8) is 0 Å². The van der Waals surface area contributed by atoms with E-state index in [4.69, 9.17) is 5.73 Å². The van der Waals surface area contributed by atoms with Crippen LogP contribution in [0, 0.1) is 17.8 Å². The molecule has 2 amide bonds. The highest BCUT2D eigenvalue weighted by atomic mass is 35.5. The van der Waals surface area contributed by atoms with Gasteiger partial charge in [0.2, 0.25) is 11.8 Å². The summed E-state index contributed by atoms with van der Waals surface area (Å²) in [5.74, 6) is 0.830. The number of rotatable bonds is 7. The summed E-state index contributed by atoms with van der Waals surface area (Å²) in [6, 6.07) is -0.433. The van der Waals surface area contributed by atoms with E-state index < -0.39 is 6.04 Å². The number of hydrogen-bond donors (Lipinski definition) is 3. The van der Waals surface area contributed by atoms with Crippen molar-refractivity contribution < 1.29 is 9.59 Å². The van der Waals surface area contributed by atoms with Gasteiger partial charge in [0.25, 0.3) is 0 Å². The molecule has 1 aliphatic carbocycles. The molecule has 1 saturated carbocycles. The van der Waals surface area contributed by atoms with Crippen molar-refractivity contribution in [3.05, 3.63) is 0 Å². The Labute approximate surface area is 146 Å². The van der Waals surface area contributed by atoms with E-state index >= 15 is 0 Å². The molecule has 136 valence electrons. The van der Waals surface area contributed by atoms with E-state index in [0.29, 0.717) is 11.8 Å². The molecule has 23 heavy (non-hydrogen) atoms. The molecule has 6 heteroatoms. The lowest BCUT2D eigenvalue weighted by Crippen LogP contribution is -2.49. The molecule has 5 nitrogen and oxygen atoms in total. The van der Waals surface area contributed by atoms with Crippen molar-refractivity contribution in [2.75, 3.05) is 6.54 Å². The first-order valence-electron chi connectivity index (χ1n) is 8.65. The van der Waals surface area contributed by atoms with Crippen LogP contribution < -0.4 is 16.4 Å². The van der Waals surface area contributed by atoms with Gasteiger partial charge in [0.05, 0.1) is 12.6 Å². The van der Waals surface area contributed by atoms with Crippen LogP contribution in [-0.4, -0.2) is 30.4 Å². The van der Waals surface area contributed by atoms with Crippen LogP contribution in [0.25, 0.3) is 0 Å². The van der Waals surface area contributed by atoms with Crippen LogP contribution in [0.1, 0.15) is 59.8 Å². The molecule has 1 fully saturated rings. The average molecular weight is 348 g/mol. The Bertz CT molecular complexity index is 371. The molecule has 0 spiro atoms. The van der Waals surface area contributed by atoms with Gasteiger partial charge in [-0.25, -0.2) is 0 Å². The number of carbonyl (C=O) groups is 2. The fraction of sp³-hybridized carbons (Fsp3) is 0.882. The Morgan fingerprint density at radius 3 is 2.17 bits per heavy atom. The number of nitrogens with one attached hydrogen (secondary N) is 2. The van der Waals surface area contributed by atoms with Crippen LogP contribution in [0.2, 0.25) is 0 Å². The monoisotopic (exact) mass is 347 g/mol. The van der Waals surface area contributed by atoms with Crippen molar-refractivity contribution >= 4 is 24.2 Å². The lowest BCUT2D eigenvalue weighted by molar-refractivity contribution is -0.127. The van der Waals surface area contributed by atoms with E-state index in [1.807, 2.05) is 13.8 Å². The number of hydrogen-bond acceptors (Lipinski definition) is 3. The zero-order valence-corrected chi connectivity index (χ0v) is 15.7. The minimum atomic E-state index is -0.564. The summed E-state index contributed by atoms with van der Waals surface area (Å²) in [6.07, 6.45) is 6.48. The number of amides is 2. The van der Waals surface area contributed by atoms with Gasteiger partial charge in [0.15, 0.2) is 0 Å². The van der Waals surface area contributed by atoms with Gasteiger partial charge >= 0.3 is 0 Å². The molecule has 0 heterocycles. The van der Waals surface area contributed by atoms with E-state index in [2.05, 4.69) is 24.5 Å². The fourth-order valence-corrected chi connectivity index (χ4v) is 3.09. The summed E-state index contributed by atoms with van der Waals surface area (Å²) in [5, 5.41) is 5.62. The van der Waals surface area contributed by atoms with Gasteiger partial charge < -0.3 is 16.4 Å². The predicted octanol–water partition coefficient (Wildman–Crippen LogP) is 2.23. The Balaban J connectivity index is 0.00000484. The minimum absolute atomic E-state index is 0. The molecule has 3 atom stereocenters.